The number of imidazole rings is 1. The zero-order valence-electron chi connectivity index (χ0n) is 7.17. The summed E-state index contributed by atoms with van der Waals surface area (Å²) in [5, 5.41) is 8.41. The van der Waals surface area contributed by atoms with Crippen LogP contribution in [0.2, 0.25) is 0 Å². The quantitative estimate of drug-likeness (QED) is 0.606. The Morgan fingerprint density at radius 1 is 1.92 bits per heavy atom. The molecule has 6 nitrogen and oxygen atoms in total. The fourth-order valence-corrected chi connectivity index (χ4v) is 0.770. The third-order valence-electron chi connectivity index (χ3n) is 1.57. The second kappa shape index (κ2) is 4.01. The van der Waals surface area contributed by atoms with Crippen molar-refractivity contribution in [2.75, 3.05) is 0 Å². The summed E-state index contributed by atoms with van der Waals surface area (Å²) in [7, 11) is 1.79. The van der Waals surface area contributed by atoms with Crippen LogP contribution in [0, 0.1) is 0 Å². The van der Waals surface area contributed by atoms with Crippen LogP contribution >= 0.6 is 0 Å². The van der Waals surface area contributed by atoms with Gasteiger partial charge in [0.25, 0.3) is 0 Å². The monoisotopic (exact) mass is 185 g/mol. The highest BCUT2D eigenvalue weighted by Crippen LogP contribution is 1.99. The van der Waals surface area contributed by atoms with Crippen LogP contribution in [0.5, 0.6) is 0 Å². The molecular weight excluding hydrogens is 174 g/mol. The molecule has 0 aliphatic rings. The number of aliphatic carboxylic acids is 1. The van der Waals surface area contributed by atoms with Gasteiger partial charge in [0.1, 0.15) is 0 Å². The van der Waals surface area contributed by atoms with Crippen LogP contribution in [0.4, 0.5) is 0 Å². The standard InChI is InChI=1S/C7H11N3O3/c1-10-4-9-2-5(10)3-13-6(8)7(11)12/h2,4,6H,3,8H2,1H3,(H,11,12). The van der Waals surface area contributed by atoms with Gasteiger partial charge in [0.2, 0.25) is 6.23 Å². The molecule has 0 bridgehead atoms. The van der Waals surface area contributed by atoms with E-state index in [0.29, 0.717) is 0 Å². The summed E-state index contributed by atoms with van der Waals surface area (Å²) in [5.74, 6) is -1.18. The van der Waals surface area contributed by atoms with Crippen molar-refractivity contribution in [2.24, 2.45) is 12.8 Å². The molecule has 13 heavy (non-hydrogen) atoms. The van der Waals surface area contributed by atoms with Gasteiger partial charge in [-0.1, -0.05) is 0 Å². The van der Waals surface area contributed by atoms with Gasteiger partial charge in [-0.15, -0.1) is 0 Å². The molecule has 0 aliphatic heterocycles. The first-order chi connectivity index (χ1) is 6.11. The molecule has 0 aliphatic carbocycles. The third-order valence-corrected chi connectivity index (χ3v) is 1.57. The summed E-state index contributed by atoms with van der Waals surface area (Å²) in [4.78, 5) is 14.1. The molecule has 0 fully saturated rings. The van der Waals surface area contributed by atoms with Crippen molar-refractivity contribution in [1.29, 1.82) is 0 Å². The molecule has 1 rings (SSSR count). The van der Waals surface area contributed by atoms with E-state index in [-0.39, 0.29) is 6.61 Å². The van der Waals surface area contributed by atoms with E-state index in [0.717, 1.165) is 5.69 Å². The van der Waals surface area contributed by atoms with E-state index in [9.17, 15) is 4.79 Å². The number of aryl methyl sites for hydroxylation is 1. The highest BCUT2D eigenvalue weighted by Gasteiger charge is 2.11. The summed E-state index contributed by atoms with van der Waals surface area (Å²) in [6, 6.07) is 0. The van der Waals surface area contributed by atoms with Crippen molar-refractivity contribution in [3.05, 3.63) is 18.2 Å². The molecule has 0 amide bonds. The Morgan fingerprint density at radius 3 is 3.08 bits per heavy atom. The lowest BCUT2D eigenvalue weighted by Crippen LogP contribution is -2.33. The molecule has 0 saturated heterocycles. The average Bonchev–Trinajstić information content (AvgIpc) is 2.47. The van der Waals surface area contributed by atoms with Gasteiger partial charge in [0.05, 0.1) is 24.8 Å². The lowest BCUT2D eigenvalue weighted by Gasteiger charge is -2.07. The number of ether oxygens (including phenoxy) is 1. The maximum Gasteiger partial charge on any atom is 0.347 e. The second-order valence-corrected chi connectivity index (χ2v) is 2.57. The fourth-order valence-electron chi connectivity index (χ4n) is 0.770. The number of hydrogen-bond donors (Lipinski definition) is 2. The molecule has 1 heterocycles. The first-order valence-electron chi connectivity index (χ1n) is 3.66. The predicted molar refractivity (Wildman–Crippen MR) is 43.6 cm³/mol. The van der Waals surface area contributed by atoms with Crippen LogP contribution in [0.3, 0.4) is 0 Å². The molecule has 1 unspecified atom stereocenters. The smallest absolute Gasteiger partial charge is 0.347 e. The van der Waals surface area contributed by atoms with Crippen molar-refractivity contribution in [3.63, 3.8) is 0 Å². The summed E-state index contributed by atoms with van der Waals surface area (Å²) in [5.41, 5.74) is 5.91. The number of carboxylic acid groups (broad SMARTS) is 1. The van der Waals surface area contributed by atoms with E-state index in [1.54, 1.807) is 24.1 Å². The number of rotatable bonds is 4. The van der Waals surface area contributed by atoms with Crippen LogP contribution in [0.15, 0.2) is 12.5 Å². The van der Waals surface area contributed by atoms with E-state index in [1.165, 1.54) is 0 Å². The number of nitrogens with zero attached hydrogens (tertiary/aromatic N) is 2. The van der Waals surface area contributed by atoms with Gasteiger partial charge >= 0.3 is 5.97 Å². The molecule has 72 valence electrons. The van der Waals surface area contributed by atoms with E-state index in [2.05, 4.69) is 4.98 Å². The van der Waals surface area contributed by atoms with Gasteiger partial charge in [-0.2, -0.15) is 0 Å². The minimum Gasteiger partial charge on any atom is -0.478 e. The Labute approximate surface area is 74.9 Å². The third kappa shape index (κ3) is 2.53. The molecule has 1 aromatic heterocycles. The molecule has 0 spiro atoms. The molecule has 1 aromatic rings. The number of carbonyl (C=O) groups is 1. The lowest BCUT2D eigenvalue weighted by molar-refractivity contribution is -0.150. The van der Waals surface area contributed by atoms with Crippen LogP contribution < -0.4 is 5.73 Å². The lowest BCUT2D eigenvalue weighted by atomic mass is 10.5. The van der Waals surface area contributed by atoms with E-state index in [4.69, 9.17) is 15.6 Å². The van der Waals surface area contributed by atoms with Gasteiger partial charge in [0.15, 0.2) is 0 Å². The number of aromatic nitrogens is 2. The van der Waals surface area contributed by atoms with Crippen molar-refractivity contribution in [3.8, 4) is 0 Å². The topological polar surface area (TPSA) is 90.4 Å². The molecule has 0 radical (unpaired) electrons. The Kier molecular flexibility index (Phi) is 2.99. The molecule has 1 atom stereocenters. The van der Waals surface area contributed by atoms with Gasteiger partial charge in [0, 0.05) is 7.05 Å². The molecular formula is C7H11N3O3. The van der Waals surface area contributed by atoms with Crippen molar-refractivity contribution >= 4 is 5.97 Å². The van der Waals surface area contributed by atoms with Crippen molar-refractivity contribution in [2.45, 2.75) is 12.8 Å². The Bertz CT molecular complexity index is 297. The molecule has 0 aromatic carbocycles. The zero-order chi connectivity index (χ0) is 9.84. The van der Waals surface area contributed by atoms with Crippen LogP contribution in [0.1, 0.15) is 5.69 Å². The first-order valence-corrected chi connectivity index (χ1v) is 3.66. The molecule has 0 saturated carbocycles. The van der Waals surface area contributed by atoms with Crippen LogP contribution in [-0.4, -0.2) is 26.9 Å². The first kappa shape index (κ1) is 9.69. The highest BCUT2D eigenvalue weighted by atomic mass is 16.5. The number of nitrogens with two attached hydrogens (primary N) is 1. The van der Waals surface area contributed by atoms with Gasteiger partial charge in [-0.3, -0.25) is 5.73 Å². The van der Waals surface area contributed by atoms with Crippen LogP contribution in [0.25, 0.3) is 0 Å². The minimum absolute atomic E-state index is 0.143. The maximum absolute atomic E-state index is 10.3. The summed E-state index contributed by atoms with van der Waals surface area (Å²) in [6.45, 7) is 0.143. The Morgan fingerprint density at radius 2 is 2.62 bits per heavy atom. The largest absolute Gasteiger partial charge is 0.478 e. The average molecular weight is 185 g/mol. The Hall–Kier alpha value is -1.40. The van der Waals surface area contributed by atoms with E-state index >= 15 is 0 Å². The zero-order valence-corrected chi connectivity index (χ0v) is 7.17. The predicted octanol–water partition coefficient (Wildman–Crippen LogP) is -0.694. The normalized spacial score (nSPS) is 12.8. The summed E-state index contributed by atoms with van der Waals surface area (Å²) in [6.07, 6.45) is 1.91. The van der Waals surface area contributed by atoms with Crippen LogP contribution in [-0.2, 0) is 23.2 Å². The molecule has 6 heteroatoms. The highest BCUT2D eigenvalue weighted by molar-refractivity contribution is 5.71. The number of hydrogen-bond acceptors (Lipinski definition) is 4. The summed E-state index contributed by atoms with van der Waals surface area (Å²) < 4.78 is 6.58. The summed E-state index contributed by atoms with van der Waals surface area (Å²) >= 11 is 0. The maximum atomic E-state index is 10.3. The van der Waals surface area contributed by atoms with Crippen molar-refractivity contribution in [1.82, 2.24) is 9.55 Å². The van der Waals surface area contributed by atoms with E-state index < -0.39 is 12.2 Å². The SMILES string of the molecule is Cn1cncc1COC(N)C(=O)O. The fraction of sp³-hybridized carbons (Fsp3) is 0.429. The number of carboxylic acids is 1. The Balaban J connectivity index is 2.44. The van der Waals surface area contributed by atoms with Gasteiger partial charge in [-0.25, -0.2) is 9.78 Å². The minimum atomic E-state index is -1.28. The van der Waals surface area contributed by atoms with Gasteiger partial charge in [-0.05, 0) is 0 Å². The molecule has 3 N–H and O–H groups in total. The van der Waals surface area contributed by atoms with E-state index in [1.807, 2.05) is 0 Å². The second-order valence-electron chi connectivity index (χ2n) is 2.57. The van der Waals surface area contributed by atoms with Crippen molar-refractivity contribution < 1.29 is 14.6 Å². The van der Waals surface area contributed by atoms with Gasteiger partial charge < -0.3 is 14.4 Å².